The van der Waals surface area contributed by atoms with Crippen LogP contribution in [0.15, 0.2) is 24.8 Å². The zero-order chi connectivity index (χ0) is 12.8. The van der Waals surface area contributed by atoms with Crippen LogP contribution in [0.25, 0.3) is 0 Å². The summed E-state index contributed by atoms with van der Waals surface area (Å²) in [6.07, 6.45) is 7.35. The van der Waals surface area contributed by atoms with Crippen molar-refractivity contribution in [2.75, 3.05) is 17.6 Å². The minimum atomic E-state index is 0.513. The number of hydrogen-bond donors (Lipinski definition) is 2. The normalized spacial score (nSPS) is 10.5. The highest BCUT2D eigenvalue weighted by Crippen LogP contribution is 2.08. The number of nitrogens with two attached hydrogens (primary N) is 1. The van der Waals surface area contributed by atoms with Crippen molar-refractivity contribution in [3.8, 4) is 0 Å². The lowest BCUT2D eigenvalue weighted by atomic mass is 10.4. The van der Waals surface area contributed by atoms with E-state index in [-0.39, 0.29) is 0 Å². The summed E-state index contributed by atoms with van der Waals surface area (Å²) in [5, 5.41) is 3.26. The predicted octanol–water partition coefficient (Wildman–Crippen LogP) is 1.32. The van der Waals surface area contributed by atoms with E-state index in [0.29, 0.717) is 5.82 Å². The lowest BCUT2D eigenvalue weighted by molar-refractivity contribution is 0.660. The molecule has 18 heavy (non-hydrogen) atoms. The standard InChI is InChI=1S/C12H18N6/c1-2-11-16-10(13)8-12(17-11)15-4-3-6-18-7-5-14-9-18/h5,7-9H,2-4,6H2,1H3,(H3,13,15,16,17). The highest BCUT2D eigenvalue weighted by atomic mass is 15.1. The van der Waals surface area contributed by atoms with E-state index in [2.05, 4.69) is 20.3 Å². The number of aryl methyl sites for hydroxylation is 2. The van der Waals surface area contributed by atoms with Gasteiger partial charge in [0.25, 0.3) is 0 Å². The summed E-state index contributed by atoms with van der Waals surface area (Å²) in [6.45, 7) is 3.80. The molecular formula is C12H18N6. The number of anilines is 2. The molecule has 0 radical (unpaired) electrons. The first kappa shape index (κ1) is 12.3. The van der Waals surface area contributed by atoms with Crippen LogP contribution < -0.4 is 11.1 Å². The van der Waals surface area contributed by atoms with Crippen LogP contribution in [0, 0.1) is 0 Å². The molecule has 0 spiro atoms. The lowest BCUT2D eigenvalue weighted by Crippen LogP contribution is -2.09. The van der Waals surface area contributed by atoms with E-state index >= 15 is 0 Å². The smallest absolute Gasteiger partial charge is 0.132 e. The summed E-state index contributed by atoms with van der Waals surface area (Å²) >= 11 is 0. The van der Waals surface area contributed by atoms with Gasteiger partial charge in [-0.05, 0) is 6.42 Å². The Bertz CT molecular complexity index is 479. The second kappa shape index (κ2) is 6.00. The van der Waals surface area contributed by atoms with Gasteiger partial charge in [0.15, 0.2) is 0 Å². The quantitative estimate of drug-likeness (QED) is 0.751. The number of imidazole rings is 1. The van der Waals surface area contributed by atoms with Crippen LogP contribution >= 0.6 is 0 Å². The molecule has 96 valence electrons. The van der Waals surface area contributed by atoms with Crippen LogP contribution in [-0.2, 0) is 13.0 Å². The van der Waals surface area contributed by atoms with Crippen LogP contribution in [-0.4, -0.2) is 26.1 Å². The van der Waals surface area contributed by atoms with Crippen molar-refractivity contribution in [1.82, 2.24) is 19.5 Å². The number of nitrogens with one attached hydrogen (secondary N) is 1. The van der Waals surface area contributed by atoms with Crippen molar-refractivity contribution in [1.29, 1.82) is 0 Å². The van der Waals surface area contributed by atoms with E-state index in [1.54, 1.807) is 12.3 Å². The minimum Gasteiger partial charge on any atom is -0.384 e. The monoisotopic (exact) mass is 246 g/mol. The molecule has 0 saturated carbocycles. The zero-order valence-electron chi connectivity index (χ0n) is 10.5. The van der Waals surface area contributed by atoms with Crippen molar-refractivity contribution in [2.45, 2.75) is 26.3 Å². The zero-order valence-corrected chi connectivity index (χ0v) is 10.5. The predicted molar refractivity (Wildman–Crippen MR) is 71.2 cm³/mol. The molecule has 0 aliphatic carbocycles. The van der Waals surface area contributed by atoms with Gasteiger partial charge in [-0.1, -0.05) is 6.92 Å². The van der Waals surface area contributed by atoms with Gasteiger partial charge in [0, 0.05) is 38.0 Å². The van der Waals surface area contributed by atoms with Gasteiger partial charge in [0.05, 0.1) is 6.33 Å². The summed E-state index contributed by atoms with van der Waals surface area (Å²) in [5.41, 5.74) is 5.71. The molecular weight excluding hydrogens is 228 g/mol. The third-order valence-corrected chi connectivity index (χ3v) is 2.57. The fourth-order valence-corrected chi connectivity index (χ4v) is 1.66. The van der Waals surface area contributed by atoms with Gasteiger partial charge in [-0.25, -0.2) is 15.0 Å². The van der Waals surface area contributed by atoms with E-state index < -0.39 is 0 Å². The van der Waals surface area contributed by atoms with Gasteiger partial charge in [-0.3, -0.25) is 0 Å². The molecule has 0 aromatic carbocycles. The summed E-state index contributed by atoms with van der Waals surface area (Å²) in [6, 6.07) is 1.76. The first-order valence-corrected chi connectivity index (χ1v) is 6.11. The van der Waals surface area contributed by atoms with Crippen molar-refractivity contribution in [3.05, 3.63) is 30.6 Å². The first-order valence-electron chi connectivity index (χ1n) is 6.11. The summed E-state index contributed by atoms with van der Waals surface area (Å²) in [5.74, 6) is 2.08. The maximum Gasteiger partial charge on any atom is 0.132 e. The Labute approximate surface area is 106 Å². The van der Waals surface area contributed by atoms with Gasteiger partial charge in [-0.2, -0.15) is 0 Å². The van der Waals surface area contributed by atoms with Crippen LogP contribution in [0.2, 0.25) is 0 Å². The average Bonchev–Trinajstić information content (AvgIpc) is 2.87. The van der Waals surface area contributed by atoms with Gasteiger partial charge in [0.1, 0.15) is 17.5 Å². The van der Waals surface area contributed by atoms with Gasteiger partial charge in [-0.15, -0.1) is 0 Å². The molecule has 6 heteroatoms. The molecule has 0 aliphatic heterocycles. The maximum atomic E-state index is 5.71. The third-order valence-electron chi connectivity index (χ3n) is 2.57. The molecule has 0 saturated heterocycles. The van der Waals surface area contributed by atoms with Crippen LogP contribution in [0.1, 0.15) is 19.2 Å². The van der Waals surface area contributed by atoms with Crippen molar-refractivity contribution in [2.24, 2.45) is 0 Å². The number of aromatic nitrogens is 4. The Morgan fingerprint density at radius 3 is 3.00 bits per heavy atom. The number of nitrogen functional groups attached to an aromatic ring is 1. The van der Waals surface area contributed by atoms with Crippen molar-refractivity contribution >= 4 is 11.6 Å². The molecule has 2 heterocycles. The van der Waals surface area contributed by atoms with Crippen molar-refractivity contribution in [3.63, 3.8) is 0 Å². The summed E-state index contributed by atoms with van der Waals surface area (Å²) in [4.78, 5) is 12.5. The number of rotatable bonds is 6. The minimum absolute atomic E-state index is 0.513. The fraction of sp³-hybridized carbons (Fsp3) is 0.417. The van der Waals surface area contributed by atoms with E-state index in [9.17, 15) is 0 Å². The molecule has 0 amide bonds. The SMILES string of the molecule is CCc1nc(N)cc(NCCCn2ccnc2)n1. The number of nitrogens with zero attached hydrogens (tertiary/aromatic N) is 4. The van der Waals surface area contributed by atoms with Gasteiger partial charge < -0.3 is 15.6 Å². The summed E-state index contributed by atoms with van der Waals surface area (Å²) in [7, 11) is 0. The van der Waals surface area contributed by atoms with E-state index in [4.69, 9.17) is 5.73 Å². The molecule has 2 rings (SSSR count). The van der Waals surface area contributed by atoms with Crippen LogP contribution in [0.5, 0.6) is 0 Å². The molecule has 3 N–H and O–H groups in total. The second-order valence-electron chi connectivity index (χ2n) is 4.03. The first-order chi connectivity index (χ1) is 8.78. The summed E-state index contributed by atoms with van der Waals surface area (Å²) < 4.78 is 2.05. The van der Waals surface area contributed by atoms with E-state index in [0.717, 1.165) is 37.6 Å². The highest BCUT2D eigenvalue weighted by molar-refractivity contribution is 5.44. The molecule has 0 fully saturated rings. The molecule has 0 unspecified atom stereocenters. The highest BCUT2D eigenvalue weighted by Gasteiger charge is 2.00. The Morgan fingerprint density at radius 1 is 1.39 bits per heavy atom. The Morgan fingerprint density at radius 2 is 2.28 bits per heavy atom. The Hall–Kier alpha value is -2.11. The molecule has 2 aromatic rings. The molecule has 0 aliphatic rings. The van der Waals surface area contributed by atoms with Gasteiger partial charge >= 0.3 is 0 Å². The second-order valence-corrected chi connectivity index (χ2v) is 4.03. The fourth-order valence-electron chi connectivity index (χ4n) is 1.66. The van der Waals surface area contributed by atoms with E-state index in [1.165, 1.54) is 0 Å². The lowest BCUT2D eigenvalue weighted by Gasteiger charge is -2.08. The largest absolute Gasteiger partial charge is 0.384 e. The van der Waals surface area contributed by atoms with Crippen LogP contribution in [0.4, 0.5) is 11.6 Å². The van der Waals surface area contributed by atoms with Gasteiger partial charge in [0.2, 0.25) is 0 Å². The molecule has 6 nitrogen and oxygen atoms in total. The van der Waals surface area contributed by atoms with Crippen LogP contribution in [0.3, 0.4) is 0 Å². The molecule has 0 atom stereocenters. The van der Waals surface area contributed by atoms with E-state index in [1.807, 2.05) is 24.0 Å². The topological polar surface area (TPSA) is 81.6 Å². The Kier molecular flexibility index (Phi) is 4.11. The third kappa shape index (κ3) is 3.44. The number of hydrogen-bond acceptors (Lipinski definition) is 5. The average molecular weight is 246 g/mol. The van der Waals surface area contributed by atoms with Crippen molar-refractivity contribution < 1.29 is 0 Å². The maximum absolute atomic E-state index is 5.71. The molecule has 0 bridgehead atoms. The molecule has 2 aromatic heterocycles. The Balaban J connectivity index is 1.81.